The highest BCUT2D eigenvalue weighted by atomic mass is 16.6. The second-order valence-electron chi connectivity index (χ2n) is 6.93. The average Bonchev–Trinajstić information content (AvgIpc) is 2.21. The summed E-state index contributed by atoms with van der Waals surface area (Å²) in [5.74, 6) is 0.577. The van der Waals surface area contributed by atoms with Crippen molar-refractivity contribution in [1.29, 1.82) is 0 Å². The van der Waals surface area contributed by atoms with Crippen molar-refractivity contribution < 1.29 is 14.6 Å². The Hall–Kier alpha value is -1.29. The second kappa shape index (κ2) is 6.00. The molecule has 20 heavy (non-hydrogen) atoms. The van der Waals surface area contributed by atoms with E-state index in [0.717, 1.165) is 6.42 Å². The third-order valence-corrected chi connectivity index (χ3v) is 3.08. The number of carbonyl (C=O) groups is 1. The van der Waals surface area contributed by atoms with Crippen LogP contribution in [0.3, 0.4) is 0 Å². The number of β-amino-alcohol motifs (C(OH)–C–C–N with tert-alkyl or cyclic N) is 1. The molecule has 1 saturated heterocycles. The molecule has 1 N–H and O–H groups in total. The number of aliphatic hydroxyl groups is 1. The summed E-state index contributed by atoms with van der Waals surface area (Å²) >= 11 is 0. The fourth-order valence-corrected chi connectivity index (χ4v) is 1.88. The summed E-state index contributed by atoms with van der Waals surface area (Å²) in [5.41, 5.74) is -0.874. The molecule has 1 aliphatic rings. The fraction of sp³-hybridized carbons (Fsp3) is 0.688. The zero-order valence-corrected chi connectivity index (χ0v) is 13.3. The first-order valence-electron chi connectivity index (χ1n) is 7.10. The number of amides is 1. The summed E-state index contributed by atoms with van der Waals surface area (Å²) in [6.07, 6.45) is 4.43. The lowest BCUT2D eigenvalue weighted by molar-refractivity contribution is -0.0735. The van der Waals surface area contributed by atoms with E-state index in [2.05, 4.69) is 20.4 Å². The van der Waals surface area contributed by atoms with Gasteiger partial charge in [-0.05, 0) is 38.7 Å². The van der Waals surface area contributed by atoms with Gasteiger partial charge in [-0.15, -0.1) is 0 Å². The highest BCUT2D eigenvalue weighted by Gasteiger charge is 2.46. The molecule has 4 heteroatoms. The van der Waals surface area contributed by atoms with Gasteiger partial charge in [0.15, 0.2) is 0 Å². The van der Waals surface area contributed by atoms with Crippen LogP contribution in [0, 0.1) is 5.92 Å². The van der Waals surface area contributed by atoms with Crippen molar-refractivity contribution in [3.63, 3.8) is 0 Å². The van der Waals surface area contributed by atoms with Crippen molar-refractivity contribution in [2.75, 3.05) is 13.1 Å². The molecule has 1 aliphatic heterocycles. The molecule has 114 valence electrons. The van der Waals surface area contributed by atoms with Crippen molar-refractivity contribution in [3.8, 4) is 0 Å². The van der Waals surface area contributed by atoms with E-state index in [4.69, 9.17) is 4.74 Å². The highest BCUT2D eigenvalue weighted by molar-refractivity contribution is 5.70. The molecular weight excluding hydrogens is 254 g/mol. The van der Waals surface area contributed by atoms with Gasteiger partial charge in [0.2, 0.25) is 0 Å². The number of nitrogens with zero attached hydrogens (tertiary/aromatic N) is 1. The molecule has 0 unspecified atom stereocenters. The van der Waals surface area contributed by atoms with Gasteiger partial charge in [0.25, 0.3) is 0 Å². The molecule has 4 nitrogen and oxygen atoms in total. The Morgan fingerprint density at radius 1 is 1.45 bits per heavy atom. The Labute approximate surface area is 122 Å². The van der Waals surface area contributed by atoms with Gasteiger partial charge in [-0.2, -0.15) is 0 Å². The van der Waals surface area contributed by atoms with Crippen molar-refractivity contribution in [2.45, 2.75) is 52.2 Å². The summed E-state index contributed by atoms with van der Waals surface area (Å²) < 4.78 is 5.26. The van der Waals surface area contributed by atoms with E-state index < -0.39 is 11.2 Å². The number of ether oxygens (including phenoxy) is 1. The largest absolute Gasteiger partial charge is 0.444 e. The maximum atomic E-state index is 11.8. The molecule has 1 rings (SSSR count). The second-order valence-corrected chi connectivity index (χ2v) is 6.93. The Morgan fingerprint density at radius 2 is 2.00 bits per heavy atom. The standard InChI is InChI=1S/C16H27NO3/c1-12(2)8-7-9-13(3)16(19)10-17(11-16)14(18)20-15(4,5)6/h7,9,12,19H,3,8,10-11H2,1-2,4-6H3/b9-7-. The third-order valence-electron chi connectivity index (χ3n) is 3.08. The van der Waals surface area contributed by atoms with Gasteiger partial charge in [0.05, 0.1) is 13.1 Å². The maximum Gasteiger partial charge on any atom is 0.410 e. The van der Waals surface area contributed by atoms with Crippen molar-refractivity contribution in [1.82, 2.24) is 4.90 Å². The maximum absolute atomic E-state index is 11.8. The summed E-state index contributed by atoms with van der Waals surface area (Å²) in [6, 6.07) is 0. The van der Waals surface area contributed by atoms with Crippen molar-refractivity contribution in [2.24, 2.45) is 5.92 Å². The number of hydrogen-bond acceptors (Lipinski definition) is 3. The normalized spacial score (nSPS) is 18.2. The van der Waals surface area contributed by atoms with Gasteiger partial charge >= 0.3 is 6.09 Å². The van der Waals surface area contributed by atoms with E-state index in [0.29, 0.717) is 11.5 Å². The highest BCUT2D eigenvalue weighted by Crippen LogP contribution is 2.30. The molecule has 0 radical (unpaired) electrons. The van der Waals surface area contributed by atoms with Crippen molar-refractivity contribution in [3.05, 3.63) is 24.3 Å². The topological polar surface area (TPSA) is 49.8 Å². The van der Waals surface area contributed by atoms with Crippen LogP contribution < -0.4 is 0 Å². The SMILES string of the molecule is C=C(/C=C\CC(C)C)C1(O)CN(C(=O)OC(C)(C)C)C1. The molecule has 0 aromatic heterocycles. The quantitative estimate of drug-likeness (QED) is 0.805. The van der Waals surface area contributed by atoms with E-state index in [-0.39, 0.29) is 19.2 Å². The van der Waals surface area contributed by atoms with Crippen LogP contribution in [-0.4, -0.2) is 40.4 Å². The Balaban J connectivity index is 2.47. The average molecular weight is 281 g/mol. The van der Waals surface area contributed by atoms with Gasteiger partial charge in [0, 0.05) is 0 Å². The Bertz CT molecular complexity index is 398. The molecule has 0 saturated carbocycles. The Kier molecular flexibility index (Phi) is 5.03. The van der Waals surface area contributed by atoms with Crippen LogP contribution in [-0.2, 0) is 4.74 Å². The number of likely N-dealkylation sites (tertiary alicyclic amines) is 1. The predicted octanol–water partition coefficient (Wildman–Crippen LogP) is 3.13. The number of allylic oxidation sites excluding steroid dienone is 1. The minimum atomic E-state index is -1.01. The van der Waals surface area contributed by atoms with E-state index in [1.807, 2.05) is 32.9 Å². The molecule has 1 fully saturated rings. The molecular formula is C16H27NO3. The molecule has 0 atom stereocenters. The minimum Gasteiger partial charge on any atom is -0.444 e. The van der Waals surface area contributed by atoms with Gasteiger partial charge in [0.1, 0.15) is 11.2 Å². The lowest BCUT2D eigenvalue weighted by Crippen LogP contribution is -2.64. The van der Waals surface area contributed by atoms with Crippen LogP contribution in [0.5, 0.6) is 0 Å². The lowest BCUT2D eigenvalue weighted by atomic mass is 9.86. The number of rotatable bonds is 4. The Morgan fingerprint density at radius 3 is 2.45 bits per heavy atom. The summed E-state index contributed by atoms with van der Waals surface area (Å²) in [5, 5.41) is 10.4. The van der Waals surface area contributed by atoms with Gasteiger partial charge in [-0.25, -0.2) is 4.79 Å². The fourth-order valence-electron chi connectivity index (χ4n) is 1.88. The molecule has 0 aliphatic carbocycles. The van der Waals surface area contributed by atoms with Crippen LogP contribution >= 0.6 is 0 Å². The molecule has 0 aromatic carbocycles. The molecule has 0 spiro atoms. The van der Waals surface area contributed by atoms with Gasteiger partial charge in [-0.1, -0.05) is 32.6 Å². The summed E-state index contributed by atoms with van der Waals surface area (Å²) in [4.78, 5) is 13.3. The van der Waals surface area contributed by atoms with Gasteiger partial charge < -0.3 is 14.7 Å². The molecule has 1 amide bonds. The zero-order chi connectivity index (χ0) is 15.6. The lowest BCUT2D eigenvalue weighted by Gasteiger charge is -2.46. The first-order valence-corrected chi connectivity index (χ1v) is 7.10. The molecule has 0 aromatic rings. The summed E-state index contributed by atoms with van der Waals surface area (Å²) in [7, 11) is 0. The van der Waals surface area contributed by atoms with Crippen LogP contribution in [0.15, 0.2) is 24.3 Å². The smallest absolute Gasteiger partial charge is 0.410 e. The van der Waals surface area contributed by atoms with Crippen LogP contribution in [0.4, 0.5) is 4.79 Å². The first-order chi connectivity index (χ1) is 9.03. The van der Waals surface area contributed by atoms with E-state index in [1.165, 1.54) is 4.90 Å². The first kappa shape index (κ1) is 16.8. The van der Waals surface area contributed by atoms with Crippen LogP contribution in [0.1, 0.15) is 41.0 Å². The van der Waals surface area contributed by atoms with E-state index >= 15 is 0 Å². The van der Waals surface area contributed by atoms with Gasteiger partial charge in [-0.3, -0.25) is 0 Å². The predicted molar refractivity (Wildman–Crippen MR) is 80.5 cm³/mol. The van der Waals surface area contributed by atoms with Crippen LogP contribution in [0.2, 0.25) is 0 Å². The third kappa shape index (κ3) is 4.67. The minimum absolute atomic E-state index is 0.243. The number of carbonyl (C=O) groups excluding carboxylic acids is 1. The van der Waals surface area contributed by atoms with E-state index in [1.54, 1.807) is 0 Å². The summed E-state index contributed by atoms with van der Waals surface area (Å²) in [6.45, 7) is 14.1. The van der Waals surface area contributed by atoms with Crippen LogP contribution in [0.25, 0.3) is 0 Å². The number of hydrogen-bond donors (Lipinski definition) is 1. The molecule has 0 bridgehead atoms. The molecule has 1 heterocycles. The van der Waals surface area contributed by atoms with Crippen molar-refractivity contribution >= 4 is 6.09 Å². The monoisotopic (exact) mass is 281 g/mol. The zero-order valence-electron chi connectivity index (χ0n) is 13.3. The van der Waals surface area contributed by atoms with E-state index in [9.17, 15) is 9.90 Å².